The van der Waals surface area contributed by atoms with E-state index in [0.717, 1.165) is 15.4 Å². The number of carbonyl (C=O) groups excluding carboxylic acids is 1. The molecule has 0 saturated heterocycles. The minimum absolute atomic E-state index is 0.0849. The lowest BCUT2D eigenvalue weighted by Crippen LogP contribution is -2.40. The van der Waals surface area contributed by atoms with Crippen LogP contribution >= 0.6 is 11.6 Å². The number of carbonyl (C=O) groups is 1. The van der Waals surface area contributed by atoms with Crippen molar-refractivity contribution in [2.24, 2.45) is 0 Å². The fraction of sp³-hybridized carbons (Fsp3) is 0.278. The molecular weight excluding hydrogens is 360 g/mol. The molecule has 2 aromatic carbocycles. The van der Waals surface area contributed by atoms with Crippen molar-refractivity contribution in [1.29, 1.82) is 0 Å². The summed E-state index contributed by atoms with van der Waals surface area (Å²) in [5.74, 6) is -0.309. The molecule has 5 nitrogen and oxygen atoms in total. The number of hydrogen-bond acceptors (Lipinski definition) is 3. The lowest BCUT2D eigenvalue weighted by molar-refractivity contribution is -0.127. The summed E-state index contributed by atoms with van der Waals surface area (Å²) in [6, 6.07) is 11.2. The number of sulfonamides is 1. The molecule has 0 saturated carbocycles. The average molecular weight is 381 g/mol. The van der Waals surface area contributed by atoms with Crippen LogP contribution in [0.15, 0.2) is 47.4 Å². The van der Waals surface area contributed by atoms with Crippen LogP contribution in [0.3, 0.4) is 0 Å². The Labute approximate surface area is 153 Å². The Morgan fingerprint density at radius 3 is 2.12 bits per heavy atom. The molecule has 0 aliphatic heterocycles. The molecule has 0 unspecified atom stereocenters. The maximum Gasteiger partial charge on any atom is 0.264 e. The summed E-state index contributed by atoms with van der Waals surface area (Å²) in [4.78, 5) is 13.7. The zero-order chi connectivity index (χ0) is 18.8. The van der Waals surface area contributed by atoms with E-state index >= 15 is 0 Å². The fourth-order valence-corrected chi connectivity index (χ4v) is 3.73. The van der Waals surface area contributed by atoms with Gasteiger partial charge in [-0.05, 0) is 61.4 Å². The third-order valence-electron chi connectivity index (χ3n) is 3.96. The molecule has 0 aliphatic rings. The molecule has 2 aromatic rings. The number of amides is 1. The van der Waals surface area contributed by atoms with Crippen molar-refractivity contribution < 1.29 is 13.2 Å². The Bertz CT molecular complexity index is 878. The predicted molar refractivity (Wildman–Crippen MR) is 101 cm³/mol. The molecule has 7 heteroatoms. The molecule has 0 spiro atoms. The highest BCUT2D eigenvalue weighted by atomic mass is 35.5. The number of halogens is 1. The van der Waals surface area contributed by atoms with Crippen molar-refractivity contribution in [1.82, 2.24) is 4.90 Å². The van der Waals surface area contributed by atoms with Crippen LogP contribution in [0.4, 0.5) is 5.69 Å². The SMILES string of the molecule is Cc1ccc(N(CC(=O)N(C)C)S(=O)(=O)c2ccc(Cl)cc2)cc1C. The third kappa shape index (κ3) is 4.32. The minimum atomic E-state index is -3.90. The van der Waals surface area contributed by atoms with Crippen LogP contribution in [0.25, 0.3) is 0 Å². The van der Waals surface area contributed by atoms with Crippen molar-refractivity contribution in [3.8, 4) is 0 Å². The number of benzene rings is 2. The Morgan fingerprint density at radius 2 is 1.60 bits per heavy atom. The summed E-state index contributed by atoms with van der Waals surface area (Å²) in [5, 5.41) is 0.445. The van der Waals surface area contributed by atoms with Gasteiger partial charge in [0.1, 0.15) is 6.54 Å². The van der Waals surface area contributed by atoms with Gasteiger partial charge in [-0.1, -0.05) is 17.7 Å². The van der Waals surface area contributed by atoms with Gasteiger partial charge in [0.2, 0.25) is 5.91 Å². The van der Waals surface area contributed by atoms with Gasteiger partial charge in [0, 0.05) is 19.1 Å². The number of rotatable bonds is 5. The van der Waals surface area contributed by atoms with E-state index in [1.807, 2.05) is 19.9 Å². The van der Waals surface area contributed by atoms with E-state index in [1.165, 1.54) is 29.2 Å². The number of nitrogens with zero attached hydrogens (tertiary/aromatic N) is 2. The van der Waals surface area contributed by atoms with Crippen molar-refractivity contribution in [3.05, 3.63) is 58.6 Å². The van der Waals surface area contributed by atoms with Crippen LogP contribution in [0.2, 0.25) is 5.02 Å². The largest absolute Gasteiger partial charge is 0.347 e. The predicted octanol–water partition coefficient (Wildman–Crippen LogP) is 3.24. The smallest absolute Gasteiger partial charge is 0.264 e. The highest BCUT2D eigenvalue weighted by molar-refractivity contribution is 7.92. The van der Waals surface area contributed by atoms with Crippen LogP contribution < -0.4 is 4.31 Å². The number of aryl methyl sites for hydroxylation is 2. The average Bonchev–Trinajstić information content (AvgIpc) is 2.55. The Kier molecular flexibility index (Phi) is 5.75. The first kappa shape index (κ1) is 19.3. The van der Waals surface area contributed by atoms with E-state index in [1.54, 1.807) is 26.2 Å². The Morgan fingerprint density at radius 1 is 1.00 bits per heavy atom. The first-order chi connectivity index (χ1) is 11.6. The fourth-order valence-electron chi connectivity index (χ4n) is 2.19. The van der Waals surface area contributed by atoms with E-state index in [0.29, 0.717) is 10.7 Å². The van der Waals surface area contributed by atoms with Crippen LogP contribution in [-0.4, -0.2) is 39.9 Å². The number of anilines is 1. The highest BCUT2D eigenvalue weighted by Gasteiger charge is 2.28. The van der Waals surface area contributed by atoms with Crippen molar-refractivity contribution in [2.45, 2.75) is 18.7 Å². The minimum Gasteiger partial charge on any atom is -0.347 e. The zero-order valence-corrected chi connectivity index (χ0v) is 16.2. The summed E-state index contributed by atoms with van der Waals surface area (Å²) in [7, 11) is -0.716. The van der Waals surface area contributed by atoms with Crippen LogP contribution in [0.1, 0.15) is 11.1 Å². The van der Waals surface area contributed by atoms with Gasteiger partial charge >= 0.3 is 0 Å². The molecule has 0 atom stereocenters. The molecule has 0 radical (unpaired) electrons. The molecule has 0 bridgehead atoms. The summed E-state index contributed by atoms with van der Waals surface area (Å²) in [6.45, 7) is 3.57. The normalized spacial score (nSPS) is 11.2. The first-order valence-electron chi connectivity index (χ1n) is 7.68. The van der Waals surface area contributed by atoms with Gasteiger partial charge in [-0.15, -0.1) is 0 Å². The maximum absolute atomic E-state index is 13.1. The molecule has 1 amide bonds. The molecular formula is C18H21ClN2O3S. The number of hydrogen-bond donors (Lipinski definition) is 0. The summed E-state index contributed by atoms with van der Waals surface area (Å²) >= 11 is 5.85. The second-order valence-electron chi connectivity index (χ2n) is 6.02. The van der Waals surface area contributed by atoms with Gasteiger partial charge < -0.3 is 4.90 Å². The highest BCUT2D eigenvalue weighted by Crippen LogP contribution is 2.26. The van der Waals surface area contributed by atoms with Crippen LogP contribution in [-0.2, 0) is 14.8 Å². The summed E-state index contributed by atoms with van der Waals surface area (Å²) < 4.78 is 27.4. The molecule has 0 aliphatic carbocycles. The third-order valence-corrected chi connectivity index (χ3v) is 6.00. The standard InChI is InChI=1S/C18H21ClN2O3S/c1-13-5-8-16(11-14(13)2)21(12-18(22)20(3)4)25(23,24)17-9-6-15(19)7-10-17/h5-11H,12H2,1-4H3. The number of likely N-dealkylation sites (N-methyl/N-ethyl adjacent to an activating group) is 1. The monoisotopic (exact) mass is 380 g/mol. The van der Waals surface area contributed by atoms with E-state index < -0.39 is 10.0 Å². The molecule has 0 heterocycles. The quantitative estimate of drug-likeness (QED) is 0.800. The lowest BCUT2D eigenvalue weighted by Gasteiger charge is -2.26. The zero-order valence-electron chi connectivity index (χ0n) is 14.7. The van der Waals surface area contributed by atoms with Crippen LogP contribution in [0.5, 0.6) is 0 Å². The lowest BCUT2D eigenvalue weighted by atomic mass is 10.1. The molecule has 25 heavy (non-hydrogen) atoms. The summed E-state index contributed by atoms with van der Waals surface area (Å²) in [6.07, 6.45) is 0. The van der Waals surface area contributed by atoms with Crippen molar-refractivity contribution in [3.63, 3.8) is 0 Å². The molecule has 134 valence electrons. The molecule has 0 aromatic heterocycles. The van der Waals surface area contributed by atoms with Gasteiger partial charge in [-0.2, -0.15) is 0 Å². The molecule has 0 fully saturated rings. The van der Waals surface area contributed by atoms with Gasteiger partial charge in [0.05, 0.1) is 10.6 Å². The second kappa shape index (κ2) is 7.45. The first-order valence-corrected chi connectivity index (χ1v) is 9.50. The summed E-state index contributed by atoms with van der Waals surface area (Å²) in [5.41, 5.74) is 2.45. The van der Waals surface area contributed by atoms with E-state index in [-0.39, 0.29) is 17.3 Å². The van der Waals surface area contributed by atoms with Crippen LogP contribution in [0, 0.1) is 13.8 Å². The van der Waals surface area contributed by atoms with E-state index in [9.17, 15) is 13.2 Å². The topological polar surface area (TPSA) is 57.7 Å². The van der Waals surface area contributed by atoms with E-state index in [4.69, 9.17) is 11.6 Å². The Hall–Kier alpha value is -2.05. The van der Waals surface area contributed by atoms with Gasteiger partial charge in [0.15, 0.2) is 0 Å². The van der Waals surface area contributed by atoms with E-state index in [2.05, 4.69) is 0 Å². The van der Waals surface area contributed by atoms with Gasteiger partial charge in [-0.3, -0.25) is 9.10 Å². The van der Waals surface area contributed by atoms with Crippen molar-refractivity contribution in [2.75, 3.05) is 24.9 Å². The van der Waals surface area contributed by atoms with Gasteiger partial charge in [0.25, 0.3) is 10.0 Å². The molecule has 2 rings (SSSR count). The Balaban J connectivity index is 2.55. The maximum atomic E-state index is 13.1. The van der Waals surface area contributed by atoms with Crippen molar-refractivity contribution >= 4 is 33.2 Å². The second-order valence-corrected chi connectivity index (χ2v) is 8.32. The molecule has 0 N–H and O–H groups in total. The van der Waals surface area contributed by atoms with Gasteiger partial charge in [-0.25, -0.2) is 8.42 Å².